The Hall–Kier alpha value is -6.02. The molecule has 1 atom stereocenters. The van der Waals surface area contributed by atoms with Gasteiger partial charge in [-0.25, -0.2) is 13.6 Å². The van der Waals surface area contributed by atoms with Crippen LogP contribution in [0.1, 0.15) is 22.7 Å². The lowest BCUT2D eigenvalue weighted by Crippen LogP contribution is -2.45. The highest BCUT2D eigenvalue weighted by molar-refractivity contribution is 6.31. The number of hydrogen-bond acceptors (Lipinski definition) is 8. The van der Waals surface area contributed by atoms with Crippen molar-refractivity contribution < 1.29 is 27.9 Å². The summed E-state index contributed by atoms with van der Waals surface area (Å²) < 4.78 is 33.4. The van der Waals surface area contributed by atoms with Crippen molar-refractivity contribution >= 4 is 47.0 Å². The van der Waals surface area contributed by atoms with Gasteiger partial charge in [0, 0.05) is 29.6 Å². The van der Waals surface area contributed by atoms with Crippen LogP contribution in [0.4, 0.5) is 25.0 Å². The van der Waals surface area contributed by atoms with E-state index in [1.54, 1.807) is 24.3 Å². The van der Waals surface area contributed by atoms with Gasteiger partial charge in [-0.1, -0.05) is 41.9 Å². The highest BCUT2D eigenvalue weighted by Gasteiger charge is 2.36. The first-order valence-corrected chi connectivity index (χ1v) is 14.8. The fourth-order valence-corrected chi connectivity index (χ4v) is 5.64. The van der Waals surface area contributed by atoms with Gasteiger partial charge in [-0.2, -0.15) is 0 Å². The fourth-order valence-electron chi connectivity index (χ4n) is 5.47. The van der Waals surface area contributed by atoms with Gasteiger partial charge in [-0.05, 0) is 104 Å². The van der Waals surface area contributed by atoms with Crippen LogP contribution < -0.4 is 10.6 Å². The molecule has 2 heterocycles. The number of carbonyl (C=O) groups is 3. The molecule has 12 nitrogen and oxygen atoms in total. The number of carbonyl (C=O) groups excluding carboxylic acids is 3. The molecule has 4 aromatic carbocycles. The number of nitrogens with zero attached hydrogens (tertiary/aromatic N) is 6. The molecule has 0 aliphatic carbocycles. The van der Waals surface area contributed by atoms with E-state index in [2.05, 4.69) is 36.2 Å². The average molecular weight is 671 g/mol. The van der Waals surface area contributed by atoms with Gasteiger partial charge < -0.3 is 15.0 Å². The molecule has 3 amide bonds. The molecule has 15 heteroatoms. The molecule has 0 bridgehead atoms. The number of nitrogens with one attached hydrogen (secondary N) is 2. The monoisotopic (exact) mass is 670 g/mol. The lowest BCUT2D eigenvalue weighted by atomic mass is 9.86. The second kappa shape index (κ2) is 13.8. The van der Waals surface area contributed by atoms with Crippen LogP contribution in [0.5, 0.6) is 0 Å². The number of fused-ring (bicyclic) bond motifs is 1. The summed E-state index contributed by atoms with van der Waals surface area (Å²) in [5.74, 6) is -2.41. The van der Waals surface area contributed by atoms with Crippen molar-refractivity contribution in [2.75, 3.05) is 24.3 Å². The van der Waals surface area contributed by atoms with Crippen LogP contribution in [0.15, 0.2) is 84.9 Å². The molecule has 0 saturated heterocycles. The summed E-state index contributed by atoms with van der Waals surface area (Å²) in [6.45, 7) is 0.135. The number of ether oxygens (including phenoxy) is 1. The molecule has 1 aliphatic rings. The molecular formula is C33H25ClF2N8O4. The van der Waals surface area contributed by atoms with Crippen LogP contribution in [-0.4, -0.2) is 62.1 Å². The van der Waals surface area contributed by atoms with Gasteiger partial charge in [-0.3, -0.25) is 14.9 Å². The van der Waals surface area contributed by atoms with E-state index < -0.39 is 35.6 Å². The quantitative estimate of drug-likeness (QED) is 0.213. The Balaban J connectivity index is 1.36. The van der Waals surface area contributed by atoms with Gasteiger partial charge in [0.05, 0.1) is 17.8 Å². The van der Waals surface area contributed by atoms with Gasteiger partial charge in [0.2, 0.25) is 5.91 Å². The Morgan fingerprint density at radius 3 is 2.31 bits per heavy atom. The number of methoxy groups -OCH3 is 1. The summed E-state index contributed by atoms with van der Waals surface area (Å²) in [7, 11) is 1.27. The van der Waals surface area contributed by atoms with Gasteiger partial charge in [0.25, 0.3) is 5.91 Å². The van der Waals surface area contributed by atoms with Crippen molar-refractivity contribution in [3.05, 3.63) is 118 Å². The normalized spacial score (nSPS) is 14.0. The number of anilines is 2. The third-order valence-corrected chi connectivity index (χ3v) is 7.99. The van der Waals surface area contributed by atoms with Gasteiger partial charge in [0.1, 0.15) is 11.9 Å². The minimum absolute atomic E-state index is 0.0900. The smallest absolute Gasteiger partial charge is 0.411 e. The van der Waals surface area contributed by atoms with Crippen LogP contribution in [-0.2, 0) is 20.7 Å². The molecule has 2 N–H and O–H groups in total. The maximum absolute atomic E-state index is 15.2. The second-order valence-corrected chi connectivity index (χ2v) is 10.9. The number of aromatic nitrogens is 5. The van der Waals surface area contributed by atoms with E-state index >= 15 is 4.39 Å². The predicted octanol–water partition coefficient (Wildman–Crippen LogP) is 5.61. The van der Waals surface area contributed by atoms with E-state index in [9.17, 15) is 18.8 Å². The van der Waals surface area contributed by atoms with Gasteiger partial charge in [-0.15, -0.1) is 4.80 Å². The number of rotatable bonds is 7. The SMILES string of the molecule is COC(=O)Nc1ccc(-c2cccc3c2CCN(C(=O)/C=C/c2c(-n4nnnn4)ccc(Cl)c2F)[C@H]3C(=O)Nc2ccc(F)cc2)cc1. The number of hydrogen-bond donors (Lipinski definition) is 2. The summed E-state index contributed by atoms with van der Waals surface area (Å²) in [4.78, 5) is 41.8. The van der Waals surface area contributed by atoms with Crippen molar-refractivity contribution in [1.29, 1.82) is 0 Å². The van der Waals surface area contributed by atoms with E-state index in [-0.39, 0.29) is 22.8 Å². The molecule has 0 fully saturated rings. The van der Waals surface area contributed by atoms with Crippen LogP contribution in [0.3, 0.4) is 0 Å². The molecule has 0 spiro atoms. The zero-order valence-corrected chi connectivity index (χ0v) is 25.9. The first-order valence-electron chi connectivity index (χ1n) is 14.5. The van der Waals surface area contributed by atoms with E-state index in [1.807, 2.05) is 18.2 Å². The summed E-state index contributed by atoms with van der Waals surface area (Å²) in [5.41, 5.74) is 3.98. The minimum atomic E-state index is -1.11. The Morgan fingerprint density at radius 2 is 1.60 bits per heavy atom. The van der Waals surface area contributed by atoms with Crippen molar-refractivity contribution in [3.63, 3.8) is 0 Å². The van der Waals surface area contributed by atoms with Crippen molar-refractivity contribution in [2.45, 2.75) is 12.5 Å². The lowest BCUT2D eigenvalue weighted by Gasteiger charge is -2.36. The predicted molar refractivity (Wildman–Crippen MR) is 172 cm³/mol. The molecule has 5 aromatic rings. The third-order valence-electron chi connectivity index (χ3n) is 7.70. The standard InChI is InChI=1S/C33H25ClF2N8O4/c1-48-33(47)38-22-9-5-19(6-10-22)23-3-2-4-25-24(23)17-18-43(31(25)32(46)37-21-11-7-20(35)8-12-21)29(45)16-13-26-28(44-41-39-40-42-44)15-14-27(34)30(26)36/h2-16,31H,17-18H2,1H3,(H,37,46)(H,38,47)/b16-13+/t31-/m1/s1. The van der Waals surface area contributed by atoms with Crippen molar-refractivity contribution in [3.8, 4) is 16.8 Å². The second-order valence-electron chi connectivity index (χ2n) is 10.5. The molecular weight excluding hydrogens is 646 g/mol. The average Bonchev–Trinajstić information content (AvgIpc) is 3.64. The first-order chi connectivity index (χ1) is 23.2. The summed E-state index contributed by atoms with van der Waals surface area (Å²) in [6, 6.07) is 19.5. The molecule has 0 saturated carbocycles. The molecule has 1 aromatic heterocycles. The van der Waals surface area contributed by atoms with E-state index in [1.165, 1.54) is 54.5 Å². The zero-order chi connectivity index (χ0) is 33.8. The molecule has 0 unspecified atom stereocenters. The number of halogens is 3. The van der Waals surface area contributed by atoms with Crippen molar-refractivity contribution in [1.82, 2.24) is 30.5 Å². The van der Waals surface area contributed by atoms with E-state index in [0.717, 1.165) is 27.6 Å². The molecule has 242 valence electrons. The van der Waals surface area contributed by atoms with E-state index in [4.69, 9.17) is 11.6 Å². The molecule has 0 radical (unpaired) electrons. The van der Waals surface area contributed by atoms with Gasteiger partial charge >= 0.3 is 6.09 Å². The number of benzene rings is 4. The molecule has 48 heavy (non-hydrogen) atoms. The highest BCUT2D eigenvalue weighted by Crippen LogP contribution is 2.37. The zero-order valence-electron chi connectivity index (χ0n) is 25.1. The summed E-state index contributed by atoms with van der Waals surface area (Å²) in [6.07, 6.45) is 2.16. The maximum atomic E-state index is 15.2. The fraction of sp³-hybridized carbons (Fsp3) is 0.121. The van der Waals surface area contributed by atoms with E-state index in [0.29, 0.717) is 23.4 Å². The topological polar surface area (TPSA) is 144 Å². The Kier molecular flexibility index (Phi) is 9.16. The van der Waals surface area contributed by atoms with Crippen LogP contribution in [0, 0.1) is 11.6 Å². The van der Waals surface area contributed by atoms with Crippen molar-refractivity contribution in [2.24, 2.45) is 0 Å². The van der Waals surface area contributed by atoms with Crippen LogP contribution >= 0.6 is 11.6 Å². The van der Waals surface area contributed by atoms with Crippen LogP contribution in [0.2, 0.25) is 5.02 Å². The van der Waals surface area contributed by atoms with Crippen LogP contribution in [0.25, 0.3) is 22.9 Å². The maximum Gasteiger partial charge on any atom is 0.411 e. The Morgan fingerprint density at radius 1 is 0.917 bits per heavy atom. The minimum Gasteiger partial charge on any atom is -0.453 e. The third kappa shape index (κ3) is 6.59. The molecule has 6 rings (SSSR count). The molecule has 1 aliphatic heterocycles. The number of amides is 3. The summed E-state index contributed by atoms with van der Waals surface area (Å²) >= 11 is 6.04. The first kappa shape index (κ1) is 31.9. The summed E-state index contributed by atoms with van der Waals surface area (Å²) in [5, 5.41) is 19.4. The van der Waals surface area contributed by atoms with Gasteiger partial charge in [0.15, 0.2) is 5.82 Å². The lowest BCUT2D eigenvalue weighted by molar-refractivity contribution is -0.135. The largest absolute Gasteiger partial charge is 0.453 e. The Bertz CT molecular complexity index is 2020. The Labute approximate surface area is 276 Å². The highest BCUT2D eigenvalue weighted by atomic mass is 35.5.